The topological polar surface area (TPSA) is 96.7 Å². The Labute approximate surface area is 165 Å². The first-order chi connectivity index (χ1) is 12.1. The van der Waals surface area contributed by atoms with Crippen LogP contribution in [0.2, 0.25) is 0 Å². The van der Waals surface area contributed by atoms with E-state index in [0.717, 1.165) is 11.4 Å². The zero-order valence-electron chi connectivity index (χ0n) is 14.2. The van der Waals surface area contributed by atoms with Crippen LogP contribution in [0.4, 0.5) is 0 Å². The van der Waals surface area contributed by atoms with Gasteiger partial charge in [-0.05, 0) is 37.4 Å². The molecule has 3 rings (SSSR count). The molecule has 2 aromatic heterocycles. The van der Waals surface area contributed by atoms with Gasteiger partial charge in [-0.1, -0.05) is 0 Å². The number of hydrogen-bond donors (Lipinski definition) is 1. The number of rotatable bonds is 3. The van der Waals surface area contributed by atoms with Gasteiger partial charge in [0.15, 0.2) is 5.78 Å². The van der Waals surface area contributed by atoms with Crippen LogP contribution in [0, 0.1) is 17.9 Å². The molecule has 0 amide bonds. The van der Waals surface area contributed by atoms with Crippen LogP contribution in [0.1, 0.15) is 13.8 Å². The van der Waals surface area contributed by atoms with Crippen molar-refractivity contribution in [3.05, 3.63) is 79.6 Å². The Kier molecular flexibility index (Phi) is 10.9. The average molecular weight is 528 g/mol. The zero-order chi connectivity index (χ0) is 18.7. The molecule has 3 aromatic rings. The Bertz CT molecular complexity index is 771. The average Bonchev–Trinajstić information content (AvgIpc) is 3.30. The minimum atomic E-state index is -0.125. The molecule has 0 fully saturated rings. The van der Waals surface area contributed by atoms with Gasteiger partial charge in [0, 0.05) is 51.0 Å². The minimum Gasteiger partial charge on any atom is -0.512 e. The van der Waals surface area contributed by atoms with Gasteiger partial charge < -0.3 is 16.9 Å². The molecule has 26 heavy (non-hydrogen) atoms. The summed E-state index contributed by atoms with van der Waals surface area (Å²) >= 11 is 0. The number of allylic oxidation sites excluding steroid dienone is 2. The molecule has 1 aromatic carbocycles. The molecule has 0 bridgehead atoms. The number of carbonyl (C=O) groups is 1. The van der Waals surface area contributed by atoms with Gasteiger partial charge >= 0.3 is 0 Å². The molecule has 1 N–H and O–H groups in total. The number of aliphatic hydroxyl groups excluding tert-OH is 1. The van der Waals surface area contributed by atoms with E-state index >= 15 is 0 Å². The van der Waals surface area contributed by atoms with Crippen molar-refractivity contribution in [3.8, 4) is 11.4 Å². The minimum absolute atomic E-state index is 0. The van der Waals surface area contributed by atoms with Gasteiger partial charge in [-0.15, -0.1) is 18.2 Å². The van der Waals surface area contributed by atoms with Gasteiger partial charge in [-0.3, -0.25) is 14.2 Å². The van der Waals surface area contributed by atoms with Gasteiger partial charge in [0.25, 0.3) is 0 Å². The first-order valence-electron chi connectivity index (χ1n) is 7.19. The Balaban J connectivity index is 0.000000539. The van der Waals surface area contributed by atoms with E-state index in [2.05, 4.69) is 16.3 Å². The summed E-state index contributed by atoms with van der Waals surface area (Å²) in [5.41, 5.74) is 1.80. The van der Waals surface area contributed by atoms with Crippen molar-refractivity contribution in [1.29, 1.82) is 5.26 Å². The van der Waals surface area contributed by atoms with Crippen LogP contribution in [0.5, 0.6) is 0 Å². The number of benzene rings is 1. The van der Waals surface area contributed by atoms with Crippen molar-refractivity contribution in [3.63, 3.8) is 0 Å². The molecular weight excluding hydrogens is 510 g/mol. The van der Waals surface area contributed by atoms with Gasteiger partial charge in [-0.2, -0.15) is 16.3 Å². The fourth-order valence-electron chi connectivity index (χ4n) is 1.83. The summed E-state index contributed by atoms with van der Waals surface area (Å²) in [4.78, 5) is 10.0. The summed E-state index contributed by atoms with van der Waals surface area (Å²) in [6, 6.07) is 12.9. The quantitative estimate of drug-likeness (QED) is 0.321. The second-order valence-corrected chi connectivity index (χ2v) is 4.72. The number of ketones is 1. The maximum Gasteiger partial charge on any atom is 0.155 e. The van der Waals surface area contributed by atoms with Crippen LogP contribution in [-0.2, 0) is 24.9 Å². The van der Waals surface area contributed by atoms with E-state index in [1.807, 2.05) is 42.7 Å². The molecule has 0 saturated heterocycles. The van der Waals surface area contributed by atoms with Crippen molar-refractivity contribution < 1.29 is 30.0 Å². The van der Waals surface area contributed by atoms with Gasteiger partial charge in [0.2, 0.25) is 0 Å². The molecule has 1 radical (unpaired) electrons. The molecule has 0 aliphatic heterocycles. The SMILES string of the molecule is CC(=O)/C=C(/C)O.[C-]#N.[Ir].[c-]1c(-n2cccn2)cccc1-n1cccn1. The predicted molar refractivity (Wildman–Crippen MR) is 91.6 cm³/mol. The molecule has 8 heteroatoms. The van der Waals surface area contributed by atoms with Gasteiger partial charge in [-0.25, -0.2) is 0 Å². The third kappa shape index (κ3) is 7.71. The maximum atomic E-state index is 10.0. The third-order valence-electron chi connectivity index (χ3n) is 2.68. The van der Waals surface area contributed by atoms with Gasteiger partial charge in [0.05, 0.1) is 5.76 Å². The molecule has 0 aliphatic carbocycles. The summed E-state index contributed by atoms with van der Waals surface area (Å²) < 4.78 is 3.54. The summed E-state index contributed by atoms with van der Waals surface area (Å²) in [6.45, 7) is 7.60. The van der Waals surface area contributed by atoms with Crippen molar-refractivity contribution in [1.82, 2.24) is 19.6 Å². The monoisotopic (exact) mass is 528 g/mol. The first-order valence-corrected chi connectivity index (χ1v) is 7.19. The first kappa shape index (κ1) is 23.0. The molecule has 0 saturated carbocycles. The fourth-order valence-corrected chi connectivity index (χ4v) is 1.83. The van der Waals surface area contributed by atoms with Crippen LogP contribution in [0.15, 0.2) is 67.0 Å². The number of nitrogens with zero attached hydrogens (tertiary/aromatic N) is 5. The normalized spacial score (nSPS) is 9.62. The number of carbonyl (C=O) groups excluding carboxylic acids is 1. The van der Waals surface area contributed by atoms with Crippen molar-refractivity contribution in [2.75, 3.05) is 0 Å². The van der Waals surface area contributed by atoms with Crippen molar-refractivity contribution >= 4 is 5.78 Å². The standard InChI is InChI=1S/C12H9N4.C5H8O2.CN.Ir/c1-4-11(15-8-2-6-13-15)10-12(5-1)16-9-3-7-14-16;1-4(6)3-5(2)7;1-2;/h1-9H;3,6H,1-2H3;;/q-1;;-1;/b;4-3-;;. The van der Waals surface area contributed by atoms with E-state index in [0.29, 0.717) is 0 Å². The Hall–Kier alpha value is -3.01. The molecule has 0 atom stereocenters. The van der Waals surface area contributed by atoms with E-state index < -0.39 is 0 Å². The molecule has 0 spiro atoms. The number of aromatic nitrogens is 4. The number of aliphatic hydroxyl groups is 1. The largest absolute Gasteiger partial charge is 0.512 e. The molecular formula is C18H17IrN5O2-2. The van der Waals surface area contributed by atoms with E-state index in [1.165, 1.54) is 19.9 Å². The van der Waals surface area contributed by atoms with Crippen LogP contribution in [0.25, 0.3) is 11.4 Å². The predicted octanol–water partition coefficient (Wildman–Crippen LogP) is 2.99. The molecule has 2 heterocycles. The molecule has 7 nitrogen and oxygen atoms in total. The summed E-state index contributed by atoms with van der Waals surface area (Å²) in [7, 11) is 0. The van der Waals surface area contributed by atoms with E-state index in [-0.39, 0.29) is 31.6 Å². The Morgan fingerprint density at radius 1 is 1.08 bits per heavy atom. The molecule has 0 aliphatic rings. The third-order valence-corrected chi connectivity index (χ3v) is 2.68. The van der Waals surface area contributed by atoms with E-state index in [1.54, 1.807) is 21.8 Å². The summed E-state index contributed by atoms with van der Waals surface area (Å²) in [6.07, 6.45) is 8.43. The van der Waals surface area contributed by atoms with Crippen LogP contribution in [-0.4, -0.2) is 30.5 Å². The zero-order valence-corrected chi connectivity index (χ0v) is 16.6. The summed E-state index contributed by atoms with van der Waals surface area (Å²) in [5.74, 6) is -0.0625. The fraction of sp³-hybridized carbons (Fsp3) is 0.111. The van der Waals surface area contributed by atoms with Crippen LogP contribution in [0.3, 0.4) is 0 Å². The maximum absolute atomic E-state index is 10.0. The Morgan fingerprint density at radius 2 is 1.54 bits per heavy atom. The molecule has 137 valence electrons. The van der Waals surface area contributed by atoms with Gasteiger partial charge in [0.1, 0.15) is 0 Å². The molecule has 0 unspecified atom stereocenters. The Morgan fingerprint density at radius 3 is 1.81 bits per heavy atom. The van der Waals surface area contributed by atoms with Crippen molar-refractivity contribution in [2.24, 2.45) is 0 Å². The van der Waals surface area contributed by atoms with E-state index in [9.17, 15) is 4.79 Å². The van der Waals surface area contributed by atoms with Crippen LogP contribution >= 0.6 is 0 Å². The van der Waals surface area contributed by atoms with Crippen molar-refractivity contribution in [2.45, 2.75) is 13.8 Å². The van der Waals surface area contributed by atoms with E-state index in [4.69, 9.17) is 16.9 Å². The second kappa shape index (κ2) is 12.4. The number of hydrogen-bond acceptors (Lipinski definition) is 5. The smallest absolute Gasteiger partial charge is 0.155 e. The second-order valence-electron chi connectivity index (χ2n) is 4.72. The van der Waals surface area contributed by atoms with Crippen LogP contribution < -0.4 is 0 Å². The summed E-state index contributed by atoms with van der Waals surface area (Å²) in [5, 5.41) is 22.9.